The van der Waals surface area contributed by atoms with Gasteiger partial charge in [0.1, 0.15) is 17.6 Å². The van der Waals surface area contributed by atoms with Crippen LogP contribution in [0.4, 0.5) is 11.5 Å². The summed E-state index contributed by atoms with van der Waals surface area (Å²) in [7, 11) is 0. The van der Waals surface area contributed by atoms with Gasteiger partial charge in [0.15, 0.2) is 0 Å². The standard InChI is InChI=1S/C20H21N5O/c21-15-16-5-4-8-19(22-16)24-13-11-23(12-14-24)18-9-10-25(20(18)26)17-6-2-1-3-7-17/h1-8,18H,9-14H2/t18-/m0/s1. The lowest BCUT2D eigenvalue weighted by atomic mass is 10.1. The normalized spacial score (nSPS) is 21.0. The van der Waals surface area contributed by atoms with Crippen molar-refractivity contribution in [3.05, 3.63) is 54.2 Å². The predicted molar refractivity (Wildman–Crippen MR) is 99.9 cm³/mol. The van der Waals surface area contributed by atoms with Crippen molar-refractivity contribution in [2.45, 2.75) is 12.5 Å². The molecule has 1 amide bonds. The molecule has 6 heteroatoms. The summed E-state index contributed by atoms with van der Waals surface area (Å²) in [5, 5.41) is 9.01. The molecular weight excluding hydrogens is 326 g/mol. The van der Waals surface area contributed by atoms with E-state index in [-0.39, 0.29) is 11.9 Å². The van der Waals surface area contributed by atoms with Gasteiger partial charge >= 0.3 is 0 Å². The summed E-state index contributed by atoms with van der Waals surface area (Å²) in [5.74, 6) is 1.04. The van der Waals surface area contributed by atoms with Crippen molar-refractivity contribution >= 4 is 17.4 Å². The molecule has 0 aliphatic carbocycles. The van der Waals surface area contributed by atoms with Crippen LogP contribution in [-0.2, 0) is 4.79 Å². The Balaban J connectivity index is 1.39. The number of hydrogen-bond acceptors (Lipinski definition) is 5. The van der Waals surface area contributed by atoms with Crippen LogP contribution in [0.15, 0.2) is 48.5 Å². The molecule has 0 saturated carbocycles. The highest BCUT2D eigenvalue weighted by atomic mass is 16.2. The van der Waals surface area contributed by atoms with E-state index < -0.39 is 0 Å². The zero-order valence-electron chi connectivity index (χ0n) is 14.6. The molecule has 132 valence electrons. The van der Waals surface area contributed by atoms with Gasteiger partial charge < -0.3 is 9.80 Å². The lowest BCUT2D eigenvalue weighted by Crippen LogP contribution is -2.52. The van der Waals surface area contributed by atoms with E-state index in [0.29, 0.717) is 5.69 Å². The Kier molecular flexibility index (Phi) is 4.55. The molecule has 1 aromatic heterocycles. The van der Waals surface area contributed by atoms with E-state index in [9.17, 15) is 4.79 Å². The molecule has 4 rings (SSSR count). The van der Waals surface area contributed by atoms with Gasteiger partial charge in [0.25, 0.3) is 0 Å². The molecule has 0 bridgehead atoms. The van der Waals surface area contributed by atoms with E-state index >= 15 is 0 Å². The first-order valence-corrected chi connectivity index (χ1v) is 8.99. The minimum absolute atomic E-state index is 0.0317. The van der Waals surface area contributed by atoms with E-state index in [0.717, 1.165) is 50.6 Å². The van der Waals surface area contributed by atoms with Crippen LogP contribution >= 0.6 is 0 Å². The average Bonchev–Trinajstić information content (AvgIpc) is 3.10. The van der Waals surface area contributed by atoms with Crippen molar-refractivity contribution in [3.8, 4) is 6.07 Å². The molecule has 2 saturated heterocycles. The number of para-hydroxylation sites is 1. The van der Waals surface area contributed by atoms with E-state index in [1.807, 2.05) is 47.4 Å². The van der Waals surface area contributed by atoms with E-state index in [1.165, 1.54) is 0 Å². The second-order valence-electron chi connectivity index (χ2n) is 6.65. The quantitative estimate of drug-likeness (QED) is 0.848. The highest BCUT2D eigenvalue weighted by molar-refractivity contribution is 5.99. The second-order valence-corrected chi connectivity index (χ2v) is 6.65. The molecule has 2 aliphatic rings. The number of pyridine rings is 1. The molecule has 0 radical (unpaired) electrons. The van der Waals surface area contributed by atoms with Gasteiger partial charge in [-0.1, -0.05) is 24.3 Å². The number of nitrogens with zero attached hydrogens (tertiary/aromatic N) is 5. The summed E-state index contributed by atoms with van der Waals surface area (Å²) >= 11 is 0. The summed E-state index contributed by atoms with van der Waals surface area (Å²) in [4.78, 5) is 23.6. The van der Waals surface area contributed by atoms with E-state index in [1.54, 1.807) is 6.07 Å². The molecule has 1 atom stereocenters. The van der Waals surface area contributed by atoms with Gasteiger partial charge in [-0.05, 0) is 30.7 Å². The van der Waals surface area contributed by atoms with Crippen LogP contribution in [0.1, 0.15) is 12.1 Å². The second kappa shape index (κ2) is 7.14. The molecule has 0 spiro atoms. The third kappa shape index (κ3) is 3.14. The molecule has 26 heavy (non-hydrogen) atoms. The van der Waals surface area contributed by atoms with Crippen molar-refractivity contribution in [1.29, 1.82) is 5.26 Å². The third-order valence-corrected chi connectivity index (χ3v) is 5.17. The first-order chi connectivity index (χ1) is 12.8. The number of carbonyl (C=O) groups excluding carboxylic acids is 1. The largest absolute Gasteiger partial charge is 0.354 e. The minimum Gasteiger partial charge on any atom is -0.354 e. The van der Waals surface area contributed by atoms with Gasteiger partial charge in [0.2, 0.25) is 5.91 Å². The smallest absolute Gasteiger partial charge is 0.244 e. The Morgan fingerprint density at radius 2 is 1.73 bits per heavy atom. The lowest BCUT2D eigenvalue weighted by Gasteiger charge is -2.37. The van der Waals surface area contributed by atoms with Crippen LogP contribution in [0.25, 0.3) is 0 Å². The molecule has 1 aromatic carbocycles. The molecule has 2 aliphatic heterocycles. The number of anilines is 2. The maximum atomic E-state index is 12.9. The van der Waals surface area contributed by atoms with Gasteiger partial charge in [-0.2, -0.15) is 5.26 Å². The molecule has 6 nitrogen and oxygen atoms in total. The zero-order chi connectivity index (χ0) is 17.9. The fraction of sp³-hybridized carbons (Fsp3) is 0.350. The van der Waals surface area contributed by atoms with E-state index in [4.69, 9.17) is 5.26 Å². The van der Waals surface area contributed by atoms with Gasteiger partial charge in [-0.25, -0.2) is 4.98 Å². The number of nitriles is 1. The maximum absolute atomic E-state index is 12.9. The van der Waals surface area contributed by atoms with Crippen LogP contribution in [0.2, 0.25) is 0 Å². The maximum Gasteiger partial charge on any atom is 0.244 e. The summed E-state index contributed by atoms with van der Waals surface area (Å²) in [6, 6.07) is 17.5. The molecule has 2 aromatic rings. The first-order valence-electron chi connectivity index (χ1n) is 8.99. The van der Waals surface area contributed by atoms with Gasteiger partial charge in [-0.15, -0.1) is 0 Å². The molecule has 0 N–H and O–H groups in total. The highest BCUT2D eigenvalue weighted by Crippen LogP contribution is 2.25. The SMILES string of the molecule is N#Cc1cccc(N2CCN([C@H]3CCN(c4ccccc4)C3=O)CC2)n1. The van der Waals surface area contributed by atoms with Crippen molar-refractivity contribution in [2.24, 2.45) is 0 Å². The summed E-state index contributed by atoms with van der Waals surface area (Å²) in [5.41, 5.74) is 1.42. The Labute approximate surface area is 153 Å². The van der Waals surface area contributed by atoms with Gasteiger partial charge in [-0.3, -0.25) is 9.69 Å². The Hall–Kier alpha value is -2.91. The van der Waals surface area contributed by atoms with Gasteiger partial charge in [0, 0.05) is 38.4 Å². The van der Waals surface area contributed by atoms with Crippen molar-refractivity contribution in [2.75, 3.05) is 42.5 Å². The number of hydrogen-bond donors (Lipinski definition) is 0. The first kappa shape index (κ1) is 16.6. The van der Waals surface area contributed by atoms with Crippen molar-refractivity contribution in [1.82, 2.24) is 9.88 Å². The monoisotopic (exact) mass is 347 g/mol. The number of benzene rings is 1. The molecular formula is C20H21N5O. The Morgan fingerprint density at radius 1 is 0.962 bits per heavy atom. The van der Waals surface area contributed by atoms with Crippen LogP contribution in [-0.4, -0.2) is 54.6 Å². The topological polar surface area (TPSA) is 63.5 Å². The predicted octanol–water partition coefficient (Wildman–Crippen LogP) is 1.88. The Bertz CT molecular complexity index is 824. The number of rotatable bonds is 3. The summed E-state index contributed by atoms with van der Waals surface area (Å²) < 4.78 is 0. The minimum atomic E-state index is -0.0317. The fourth-order valence-electron chi connectivity index (χ4n) is 3.79. The van der Waals surface area contributed by atoms with Gasteiger partial charge in [0.05, 0.1) is 6.04 Å². The molecule has 0 unspecified atom stereocenters. The average molecular weight is 347 g/mol. The molecule has 3 heterocycles. The lowest BCUT2D eigenvalue weighted by molar-refractivity contribution is -0.121. The molecule has 2 fully saturated rings. The summed E-state index contributed by atoms with van der Waals surface area (Å²) in [6.45, 7) is 4.07. The van der Waals surface area contributed by atoms with Crippen LogP contribution < -0.4 is 9.80 Å². The van der Waals surface area contributed by atoms with Crippen molar-refractivity contribution in [3.63, 3.8) is 0 Å². The van der Waals surface area contributed by atoms with Crippen LogP contribution in [0.3, 0.4) is 0 Å². The van der Waals surface area contributed by atoms with Crippen LogP contribution in [0.5, 0.6) is 0 Å². The number of piperazine rings is 1. The van der Waals surface area contributed by atoms with E-state index in [2.05, 4.69) is 20.9 Å². The number of amides is 1. The van der Waals surface area contributed by atoms with Crippen LogP contribution in [0, 0.1) is 11.3 Å². The Morgan fingerprint density at radius 3 is 2.46 bits per heavy atom. The number of carbonyl (C=O) groups is 1. The zero-order valence-corrected chi connectivity index (χ0v) is 14.6. The highest BCUT2D eigenvalue weighted by Gasteiger charge is 2.37. The van der Waals surface area contributed by atoms with Crippen molar-refractivity contribution < 1.29 is 4.79 Å². The fourth-order valence-corrected chi connectivity index (χ4v) is 3.79. The third-order valence-electron chi connectivity index (χ3n) is 5.17. The summed E-state index contributed by atoms with van der Waals surface area (Å²) in [6.07, 6.45) is 0.871. The number of aromatic nitrogens is 1.